The van der Waals surface area contributed by atoms with Gasteiger partial charge in [-0.15, -0.1) is 0 Å². The second-order valence-electron chi connectivity index (χ2n) is 5.98. The highest BCUT2D eigenvalue weighted by molar-refractivity contribution is 5.97. The number of carbonyl (C=O) groups is 1. The maximum atomic E-state index is 12.9. The van der Waals surface area contributed by atoms with Gasteiger partial charge < -0.3 is 15.2 Å². The molecule has 0 spiro atoms. The van der Waals surface area contributed by atoms with Gasteiger partial charge in [-0.2, -0.15) is 0 Å². The van der Waals surface area contributed by atoms with Crippen LogP contribution in [0.1, 0.15) is 49.2 Å². The zero-order chi connectivity index (χ0) is 15.7. The van der Waals surface area contributed by atoms with Gasteiger partial charge in [0.1, 0.15) is 0 Å². The summed E-state index contributed by atoms with van der Waals surface area (Å²) in [6, 6.07) is 1.92. The number of carbonyl (C=O) groups excluding carboxylic acids is 1. The molecule has 2 aromatic heterocycles. The van der Waals surface area contributed by atoms with Gasteiger partial charge in [0.15, 0.2) is 0 Å². The number of fused-ring (bicyclic) bond motifs is 1. The minimum absolute atomic E-state index is 0.000321. The van der Waals surface area contributed by atoms with Gasteiger partial charge in [0, 0.05) is 24.8 Å². The monoisotopic (exact) mass is 302 g/mol. The number of aromatic nitrogens is 2. The molecule has 1 saturated heterocycles. The Kier molecular flexibility index (Phi) is 4.11. The number of rotatable bonds is 3. The number of nitrogens with zero attached hydrogens (tertiary/aromatic N) is 3. The van der Waals surface area contributed by atoms with E-state index >= 15 is 0 Å². The second kappa shape index (κ2) is 6.04. The first-order valence-corrected chi connectivity index (χ1v) is 7.92. The van der Waals surface area contributed by atoms with Crippen LogP contribution in [0.3, 0.4) is 0 Å². The molecule has 2 unspecified atom stereocenters. The molecule has 1 aliphatic heterocycles. The van der Waals surface area contributed by atoms with Crippen molar-refractivity contribution in [3.05, 3.63) is 23.5 Å². The van der Waals surface area contributed by atoms with E-state index in [-0.39, 0.29) is 18.0 Å². The SMILES string of the molecule is CCc1noc2ncc(C(=O)N3CCCCC3C(C)N)cc12. The summed E-state index contributed by atoms with van der Waals surface area (Å²) in [7, 11) is 0. The number of piperidine rings is 1. The van der Waals surface area contributed by atoms with Crippen LogP contribution in [0.2, 0.25) is 0 Å². The van der Waals surface area contributed by atoms with Gasteiger partial charge in [-0.1, -0.05) is 12.1 Å². The summed E-state index contributed by atoms with van der Waals surface area (Å²) < 4.78 is 5.17. The number of likely N-dealkylation sites (tertiary alicyclic amines) is 1. The summed E-state index contributed by atoms with van der Waals surface area (Å²) >= 11 is 0. The maximum Gasteiger partial charge on any atom is 0.257 e. The van der Waals surface area contributed by atoms with Gasteiger partial charge in [-0.3, -0.25) is 4.79 Å². The minimum atomic E-state index is -0.0252. The van der Waals surface area contributed by atoms with E-state index in [4.69, 9.17) is 10.3 Å². The molecule has 0 aromatic carbocycles. The third kappa shape index (κ3) is 2.59. The van der Waals surface area contributed by atoms with E-state index in [2.05, 4.69) is 10.1 Å². The number of aryl methyl sites for hydroxylation is 1. The lowest BCUT2D eigenvalue weighted by atomic mass is 9.96. The molecular formula is C16H22N4O2. The van der Waals surface area contributed by atoms with Crippen LogP contribution in [0.25, 0.3) is 11.1 Å². The first-order chi connectivity index (χ1) is 10.6. The average molecular weight is 302 g/mol. The van der Waals surface area contributed by atoms with Crippen molar-refractivity contribution < 1.29 is 9.32 Å². The molecule has 0 aliphatic carbocycles. The Bertz CT molecular complexity index is 680. The third-order valence-corrected chi connectivity index (χ3v) is 4.40. The van der Waals surface area contributed by atoms with Crippen LogP contribution in [-0.2, 0) is 6.42 Å². The zero-order valence-electron chi connectivity index (χ0n) is 13.1. The van der Waals surface area contributed by atoms with E-state index < -0.39 is 0 Å². The minimum Gasteiger partial charge on any atom is -0.336 e. The van der Waals surface area contributed by atoms with Gasteiger partial charge in [0.25, 0.3) is 11.6 Å². The highest BCUT2D eigenvalue weighted by Crippen LogP contribution is 2.23. The first-order valence-electron chi connectivity index (χ1n) is 7.92. The summed E-state index contributed by atoms with van der Waals surface area (Å²) in [5.41, 5.74) is 7.96. The molecule has 22 heavy (non-hydrogen) atoms. The van der Waals surface area contributed by atoms with Crippen molar-refractivity contribution in [2.24, 2.45) is 5.73 Å². The van der Waals surface area contributed by atoms with Crippen LogP contribution < -0.4 is 5.73 Å². The first kappa shape index (κ1) is 15.0. The Labute approximate surface area is 129 Å². The van der Waals surface area contributed by atoms with Crippen LogP contribution in [0.4, 0.5) is 0 Å². The van der Waals surface area contributed by atoms with E-state index in [1.54, 1.807) is 6.20 Å². The van der Waals surface area contributed by atoms with Crippen molar-refractivity contribution in [2.45, 2.75) is 51.6 Å². The molecule has 3 heterocycles. The Hall–Kier alpha value is -1.95. The lowest BCUT2D eigenvalue weighted by Gasteiger charge is -2.38. The molecule has 0 saturated carbocycles. The number of hydrogen-bond donors (Lipinski definition) is 1. The summed E-state index contributed by atoms with van der Waals surface area (Å²) in [4.78, 5) is 19.0. The molecule has 1 aliphatic rings. The third-order valence-electron chi connectivity index (χ3n) is 4.40. The van der Waals surface area contributed by atoms with Gasteiger partial charge >= 0.3 is 0 Å². The molecule has 2 N–H and O–H groups in total. The molecule has 3 rings (SSSR count). The van der Waals surface area contributed by atoms with Gasteiger partial charge in [-0.05, 0) is 38.7 Å². The fraction of sp³-hybridized carbons (Fsp3) is 0.562. The Balaban J connectivity index is 1.93. The van der Waals surface area contributed by atoms with Gasteiger partial charge in [0.2, 0.25) is 0 Å². The molecule has 2 atom stereocenters. The zero-order valence-corrected chi connectivity index (χ0v) is 13.1. The molecule has 2 aromatic rings. The van der Waals surface area contributed by atoms with Crippen molar-refractivity contribution >= 4 is 17.0 Å². The molecule has 0 radical (unpaired) electrons. The topological polar surface area (TPSA) is 85.2 Å². The Morgan fingerprint density at radius 3 is 3.09 bits per heavy atom. The normalized spacial score (nSPS) is 20.3. The maximum absolute atomic E-state index is 12.9. The molecule has 0 bridgehead atoms. The Morgan fingerprint density at radius 2 is 2.36 bits per heavy atom. The van der Waals surface area contributed by atoms with Crippen LogP contribution in [0, 0.1) is 0 Å². The summed E-state index contributed by atoms with van der Waals surface area (Å²) in [6.45, 7) is 4.73. The summed E-state index contributed by atoms with van der Waals surface area (Å²) in [6.07, 6.45) is 5.43. The molecule has 118 valence electrons. The standard InChI is InChI=1S/C16H22N4O2/c1-3-13-12-8-11(9-18-15(12)22-19-13)16(21)20-7-5-4-6-14(20)10(2)17/h8-10,14H,3-7,17H2,1-2H3. The predicted molar refractivity (Wildman–Crippen MR) is 83.5 cm³/mol. The molecule has 1 fully saturated rings. The van der Waals surface area contributed by atoms with Crippen molar-refractivity contribution in [2.75, 3.05) is 6.54 Å². The van der Waals surface area contributed by atoms with Crippen molar-refractivity contribution in [3.63, 3.8) is 0 Å². The van der Waals surface area contributed by atoms with E-state index in [9.17, 15) is 4.79 Å². The van der Waals surface area contributed by atoms with Crippen molar-refractivity contribution in [1.29, 1.82) is 0 Å². The Morgan fingerprint density at radius 1 is 1.55 bits per heavy atom. The lowest BCUT2D eigenvalue weighted by molar-refractivity contribution is 0.0583. The highest BCUT2D eigenvalue weighted by Gasteiger charge is 2.30. The number of pyridine rings is 1. The smallest absolute Gasteiger partial charge is 0.257 e. The fourth-order valence-electron chi connectivity index (χ4n) is 3.17. The number of nitrogens with two attached hydrogens (primary N) is 1. The summed E-state index contributed by atoms with van der Waals surface area (Å²) in [5, 5.41) is 4.81. The van der Waals surface area contributed by atoms with Crippen LogP contribution in [0.5, 0.6) is 0 Å². The summed E-state index contributed by atoms with van der Waals surface area (Å²) in [5.74, 6) is -0.000321. The van der Waals surface area contributed by atoms with E-state index in [1.165, 1.54) is 0 Å². The molecule has 6 heteroatoms. The lowest BCUT2D eigenvalue weighted by Crippen LogP contribution is -2.51. The van der Waals surface area contributed by atoms with E-state index in [0.717, 1.165) is 43.3 Å². The van der Waals surface area contributed by atoms with Crippen LogP contribution in [0.15, 0.2) is 16.8 Å². The van der Waals surface area contributed by atoms with Crippen LogP contribution in [-0.4, -0.2) is 39.6 Å². The van der Waals surface area contributed by atoms with E-state index in [0.29, 0.717) is 11.3 Å². The molecule has 1 amide bonds. The largest absolute Gasteiger partial charge is 0.336 e. The fourth-order valence-corrected chi connectivity index (χ4v) is 3.17. The molecular weight excluding hydrogens is 280 g/mol. The van der Waals surface area contributed by atoms with Gasteiger partial charge in [0.05, 0.1) is 16.6 Å². The van der Waals surface area contributed by atoms with Crippen LogP contribution >= 0.6 is 0 Å². The number of hydrogen-bond acceptors (Lipinski definition) is 5. The van der Waals surface area contributed by atoms with Crippen molar-refractivity contribution in [1.82, 2.24) is 15.0 Å². The number of amides is 1. The average Bonchev–Trinajstić information content (AvgIpc) is 2.96. The highest BCUT2D eigenvalue weighted by atomic mass is 16.5. The van der Waals surface area contributed by atoms with Crippen molar-refractivity contribution in [3.8, 4) is 0 Å². The quantitative estimate of drug-likeness (QED) is 0.938. The molecule has 6 nitrogen and oxygen atoms in total. The van der Waals surface area contributed by atoms with Gasteiger partial charge in [-0.25, -0.2) is 4.98 Å². The predicted octanol–water partition coefficient (Wildman–Crippen LogP) is 2.13. The van der Waals surface area contributed by atoms with E-state index in [1.807, 2.05) is 24.8 Å². The second-order valence-corrected chi connectivity index (χ2v) is 5.98.